The SMILES string of the molecule is CN(Cc1cn[nH]n1)C(=O)N1CC2CCN(C(=O)CCc3ccc(O)c(F)c3)CCC2C1. The van der Waals surface area contributed by atoms with Crippen molar-refractivity contribution in [1.82, 2.24) is 30.1 Å². The molecular formula is C22H29FN6O3. The topological polar surface area (TPSA) is 106 Å². The number of nitrogens with one attached hydrogen (secondary N) is 1. The number of H-pyrrole nitrogens is 1. The van der Waals surface area contributed by atoms with E-state index in [4.69, 9.17) is 0 Å². The van der Waals surface area contributed by atoms with Gasteiger partial charge >= 0.3 is 6.03 Å². The van der Waals surface area contributed by atoms with Gasteiger partial charge in [0.25, 0.3) is 0 Å². The van der Waals surface area contributed by atoms with Crippen LogP contribution in [0.1, 0.15) is 30.5 Å². The van der Waals surface area contributed by atoms with E-state index in [1.54, 1.807) is 24.2 Å². The van der Waals surface area contributed by atoms with E-state index in [9.17, 15) is 19.1 Å². The van der Waals surface area contributed by atoms with Crippen LogP contribution in [0.25, 0.3) is 0 Å². The minimum absolute atomic E-state index is 0.00450. The van der Waals surface area contributed by atoms with Crippen molar-refractivity contribution in [3.8, 4) is 5.75 Å². The molecule has 0 bridgehead atoms. The lowest BCUT2D eigenvalue weighted by atomic mass is 9.92. The van der Waals surface area contributed by atoms with Crippen LogP contribution in [0.5, 0.6) is 5.75 Å². The minimum atomic E-state index is -0.664. The molecule has 1 aromatic carbocycles. The van der Waals surface area contributed by atoms with E-state index in [1.807, 2.05) is 9.80 Å². The fourth-order valence-corrected chi connectivity index (χ4v) is 4.72. The number of fused-ring (bicyclic) bond motifs is 1. The van der Waals surface area contributed by atoms with E-state index >= 15 is 0 Å². The lowest BCUT2D eigenvalue weighted by Crippen LogP contribution is -2.40. The van der Waals surface area contributed by atoms with Gasteiger partial charge in [0.2, 0.25) is 5.91 Å². The third kappa shape index (κ3) is 5.00. The maximum Gasteiger partial charge on any atom is 0.320 e. The molecule has 2 unspecified atom stereocenters. The molecule has 2 aliphatic rings. The Labute approximate surface area is 186 Å². The summed E-state index contributed by atoms with van der Waals surface area (Å²) in [4.78, 5) is 31.0. The minimum Gasteiger partial charge on any atom is -0.505 e. The van der Waals surface area contributed by atoms with Gasteiger partial charge in [0, 0.05) is 39.6 Å². The molecular weight excluding hydrogens is 415 g/mol. The zero-order valence-corrected chi connectivity index (χ0v) is 18.2. The number of hydrogen-bond donors (Lipinski definition) is 2. The number of hydrogen-bond acceptors (Lipinski definition) is 5. The van der Waals surface area contributed by atoms with Crippen LogP contribution < -0.4 is 0 Å². The van der Waals surface area contributed by atoms with Crippen LogP contribution in [0, 0.1) is 17.7 Å². The second-order valence-corrected chi connectivity index (χ2v) is 8.77. The molecule has 172 valence electrons. The highest BCUT2D eigenvalue weighted by Crippen LogP contribution is 2.32. The van der Waals surface area contributed by atoms with Crippen LogP contribution in [-0.4, -0.2) is 80.4 Å². The van der Waals surface area contributed by atoms with E-state index in [2.05, 4.69) is 15.4 Å². The number of rotatable bonds is 5. The zero-order chi connectivity index (χ0) is 22.7. The summed E-state index contributed by atoms with van der Waals surface area (Å²) in [6.45, 7) is 3.19. The van der Waals surface area contributed by atoms with E-state index in [-0.39, 0.29) is 17.7 Å². The second kappa shape index (κ2) is 9.54. The molecule has 0 aliphatic carbocycles. The van der Waals surface area contributed by atoms with Gasteiger partial charge in [0.05, 0.1) is 12.7 Å². The number of urea groups is 1. The summed E-state index contributed by atoms with van der Waals surface area (Å²) in [5, 5.41) is 19.6. The van der Waals surface area contributed by atoms with Gasteiger partial charge in [-0.05, 0) is 48.8 Å². The zero-order valence-electron chi connectivity index (χ0n) is 18.2. The van der Waals surface area contributed by atoms with Crippen LogP contribution in [0.3, 0.4) is 0 Å². The van der Waals surface area contributed by atoms with Crippen LogP contribution >= 0.6 is 0 Å². The number of amides is 3. The summed E-state index contributed by atoms with van der Waals surface area (Å²) < 4.78 is 13.5. The summed E-state index contributed by atoms with van der Waals surface area (Å²) in [6.07, 6.45) is 4.13. The van der Waals surface area contributed by atoms with Crippen molar-refractivity contribution in [1.29, 1.82) is 0 Å². The summed E-state index contributed by atoms with van der Waals surface area (Å²) in [6, 6.07) is 4.23. The van der Waals surface area contributed by atoms with Gasteiger partial charge in [0.15, 0.2) is 11.6 Å². The molecule has 32 heavy (non-hydrogen) atoms. The molecule has 3 heterocycles. The standard InChI is InChI=1S/C22H29FN6O3/c1-27(14-18-11-24-26-25-18)22(32)29-12-16-6-8-28(9-7-17(16)13-29)21(31)5-3-15-2-4-20(30)19(23)10-15/h2,4,10-11,16-17,30H,3,5-9,12-14H2,1H3,(H,24,25,26). The highest BCUT2D eigenvalue weighted by Gasteiger charge is 2.38. The largest absolute Gasteiger partial charge is 0.505 e. The number of benzene rings is 1. The quantitative estimate of drug-likeness (QED) is 0.734. The first-order valence-electron chi connectivity index (χ1n) is 11.0. The number of halogens is 1. The number of likely N-dealkylation sites (tertiary alicyclic amines) is 2. The van der Waals surface area contributed by atoms with E-state index in [1.165, 1.54) is 12.1 Å². The average Bonchev–Trinajstić information content (AvgIpc) is 3.39. The highest BCUT2D eigenvalue weighted by molar-refractivity contribution is 5.76. The van der Waals surface area contributed by atoms with Gasteiger partial charge in [0.1, 0.15) is 5.69 Å². The molecule has 2 fully saturated rings. The third-order valence-corrected chi connectivity index (χ3v) is 6.57. The summed E-state index contributed by atoms with van der Waals surface area (Å²) in [7, 11) is 1.77. The smallest absolute Gasteiger partial charge is 0.320 e. The van der Waals surface area contributed by atoms with Crippen molar-refractivity contribution in [3.63, 3.8) is 0 Å². The molecule has 2 atom stereocenters. The van der Waals surface area contributed by atoms with Gasteiger partial charge in [-0.1, -0.05) is 6.07 Å². The maximum absolute atomic E-state index is 13.5. The van der Waals surface area contributed by atoms with Crippen LogP contribution in [-0.2, 0) is 17.8 Å². The first kappa shape index (κ1) is 22.0. The van der Waals surface area contributed by atoms with Crippen molar-refractivity contribution < 1.29 is 19.1 Å². The molecule has 0 spiro atoms. The van der Waals surface area contributed by atoms with Crippen molar-refractivity contribution in [2.75, 3.05) is 33.2 Å². The average molecular weight is 445 g/mol. The predicted octanol–water partition coefficient (Wildman–Crippen LogP) is 2.00. The predicted molar refractivity (Wildman–Crippen MR) is 114 cm³/mol. The number of aromatic hydroxyl groups is 1. The summed E-state index contributed by atoms with van der Waals surface area (Å²) >= 11 is 0. The number of aromatic nitrogens is 3. The number of phenolic OH excluding ortho intramolecular Hbond substituents is 1. The summed E-state index contributed by atoms with van der Waals surface area (Å²) in [5.41, 5.74) is 1.42. The van der Waals surface area contributed by atoms with Crippen LogP contribution in [0.2, 0.25) is 0 Å². The molecule has 4 rings (SSSR count). The number of carbonyl (C=O) groups is 2. The van der Waals surface area contributed by atoms with Gasteiger partial charge in [-0.25, -0.2) is 9.18 Å². The van der Waals surface area contributed by atoms with Crippen LogP contribution in [0.15, 0.2) is 24.4 Å². The third-order valence-electron chi connectivity index (χ3n) is 6.57. The number of aromatic amines is 1. The fraction of sp³-hybridized carbons (Fsp3) is 0.545. The molecule has 9 nitrogen and oxygen atoms in total. The fourth-order valence-electron chi connectivity index (χ4n) is 4.72. The van der Waals surface area contributed by atoms with Gasteiger partial charge in [-0.3, -0.25) is 4.79 Å². The monoisotopic (exact) mass is 444 g/mol. The summed E-state index contributed by atoms with van der Waals surface area (Å²) in [5.74, 6) is -0.190. The lowest BCUT2D eigenvalue weighted by Gasteiger charge is -2.25. The second-order valence-electron chi connectivity index (χ2n) is 8.77. The molecule has 10 heteroatoms. The Hall–Kier alpha value is -3.17. The van der Waals surface area contributed by atoms with E-state index < -0.39 is 5.82 Å². The molecule has 2 N–H and O–H groups in total. The van der Waals surface area contributed by atoms with Gasteiger partial charge < -0.3 is 19.8 Å². The Morgan fingerprint density at radius 2 is 1.94 bits per heavy atom. The Morgan fingerprint density at radius 3 is 2.56 bits per heavy atom. The van der Waals surface area contributed by atoms with Crippen molar-refractivity contribution in [2.45, 2.75) is 32.2 Å². The molecule has 3 amide bonds. The number of nitrogens with zero attached hydrogens (tertiary/aromatic N) is 5. The van der Waals surface area contributed by atoms with Gasteiger partial charge in [-0.2, -0.15) is 15.4 Å². The number of aryl methyl sites for hydroxylation is 1. The Bertz CT molecular complexity index is 937. The van der Waals surface area contributed by atoms with E-state index in [0.29, 0.717) is 63.0 Å². The molecule has 2 aliphatic heterocycles. The molecule has 0 radical (unpaired) electrons. The Morgan fingerprint density at radius 1 is 1.22 bits per heavy atom. The van der Waals surface area contributed by atoms with Crippen molar-refractivity contribution >= 4 is 11.9 Å². The molecule has 2 saturated heterocycles. The number of carbonyl (C=O) groups excluding carboxylic acids is 2. The van der Waals surface area contributed by atoms with Crippen LogP contribution in [0.4, 0.5) is 9.18 Å². The normalized spacial score (nSPS) is 20.7. The maximum atomic E-state index is 13.5. The van der Waals surface area contributed by atoms with Crippen molar-refractivity contribution in [2.24, 2.45) is 11.8 Å². The molecule has 1 aromatic heterocycles. The Balaban J connectivity index is 1.25. The highest BCUT2D eigenvalue weighted by atomic mass is 19.1. The first-order chi connectivity index (χ1) is 15.4. The van der Waals surface area contributed by atoms with E-state index in [0.717, 1.165) is 18.5 Å². The lowest BCUT2D eigenvalue weighted by molar-refractivity contribution is -0.131. The van der Waals surface area contributed by atoms with Crippen molar-refractivity contribution in [3.05, 3.63) is 41.5 Å². The molecule has 0 saturated carbocycles. The Kier molecular flexibility index (Phi) is 6.57. The number of phenols is 1. The molecule has 2 aromatic rings. The van der Waals surface area contributed by atoms with Gasteiger partial charge in [-0.15, -0.1) is 0 Å². The first-order valence-corrected chi connectivity index (χ1v) is 11.0.